The molecule has 0 saturated heterocycles. The Balaban J connectivity index is 3.47. The fourth-order valence-corrected chi connectivity index (χ4v) is 1.42. The molecule has 12 heavy (non-hydrogen) atoms. The number of nitrogen functional groups attached to an aromatic ring is 1. The van der Waals surface area contributed by atoms with Gasteiger partial charge in [0.15, 0.2) is 5.75 Å². The lowest BCUT2D eigenvalue weighted by Crippen LogP contribution is -2.12. The highest BCUT2D eigenvalue weighted by atomic mass is 32.2. The van der Waals surface area contributed by atoms with Crippen LogP contribution < -0.4 is 10.9 Å². The van der Waals surface area contributed by atoms with Gasteiger partial charge in [0.1, 0.15) is 4.90 Å². The zero-order valence-electron chi connectivity index (χ0n) is 6.06. The summed E-state index contributed by atoms with van der Waals surface area (Å²) in [5, 5.41) is 13.9. The summed E-state index contributed by atoms with van der Waals surface area (Å²) < 4.78 is 21.5. The molecule has 0 aliphatic heterocycles. The average molecular weight is 188 g/mol. The van der Waals surface area contributed by atoms with Gasteiger partial charge >= 0.3 is 0 Å². The molecule has 0 aromatic heterocycles. The number of sulfonamides is 1. The molecule has 0 aliphatic rings. The Morgan fingerprint density at radius 2 is 1.92 bits per heavy atom. The molecule has 5 nitrogen and oxygen atoms in total. The molecule has 1 rings (SSSR count). The Kier molecular flexibility index (Phi) is 1.95. The molecule has 1 aromatic rings. The van der Waals surface area contributed by atoms with Crippen LogP contribution in [0.2, 0.25) is 0 Å². The topological polar surface area (TPSA) is 106 Å². The third-order valence-electron chi connectivity index (χ3n) is 1.34. The summed E-state index contributed by atoms with van der Waals surface area (Å²) in [6.07, 6.45) is 0. The number of para-hydroxylation sites is 1. The van der Waals surface area contributed by atoms with E-state index in [1.807, 2.05) is 0 Å². The van der Waals surface area contributed by atoms with Crippen molar-refractivity contribution >= 4 is 15.7 Å². The van der Waals surface area contributed by atoms with Crippen LogP contribution in [0.1, 0.15) is 0 Å². The van der Waals surface area contributed by atoms with Crippen LogP contribution in [0, 0.1) is 0 Å². The van der Waals surface area contributed by atoms with Crippen LogP contribution in [0.3, 0.4) is 0 Å². The number of rotatable bonds is 1. The Morgan fingerprint density at radius 3 is 2.33 bits per heavy atom. The van der Waals surface area contributed by atoms with Crippen molar-refractivity contribution in [2.75, 3.05) is 5.73 Å². The molecular weight excluding hydrogens is 180 g/mol. The largest absolute Gasteiger partial charge is 0.504 e. The zero-order valence-corrected chi connectivity index (χ0v) is 6.88. The van der Waals surface area contributed by atoms with E-state index in [1.165, 1.54) is 18.2 Å². The Morgan fingerprint density at radius 1 is 1.33 bits per heavy atom. The first-order valence-electron chi connectivity index (χ1n) is 3.03. The zero-order chi connectivity index (χ0) is 9.35. The van der Waals surface area contributed by atoms with E-state index in [0.29, 0.717) is 0 Å². The van der Waals surface area contributed by atoms with Gasteiger partial charge in [-0.1, -0.05) is 6.07 Å². The number of hydrogen-bond acceptors (Lipinski definition) is 4. The Labute approximate surface area is 69.7 Å². The van der Waals surface area contributed by atoms with E-state index >= 15 is 0 Å². The number of primary sulfonamides is 1. The number of phenols is 1. The van der Waals surface area contributed by atoms with Gasteiger partial charge in [-0.15, -0.1) is 0 Å². The van der Waals surface area contributed by atoms with Gasteiger partial charge < -0.3 is 10.8 Å². The molecule has 0 spiro atoms. The molecule has 0 unspecified atom stereocenters. The summed E-state index contributed by atoms with van der Waals surface area (Å²) >= 11 is 0. The van der Waals surface area contributed by atoms with Crippen LogP contribution in [0.5, 0.6) is 5.75 Å². The Hall–Kier alpha value is -1.27. The lowest BCUT2D eigenvalue weighted by Gasteiger charge is -2.02. The predicted octanol–water partition coefficient (Wildman–Crippen LogP) is -0.378. The van der Waals surface area contributed by atoms with Gasteiger partial charge in [0.25, 0.3) is 0 Å². The molecule has 66 valence electrons. The summed E-state index contributed by atoms with van der Waals surface area (Å²) in [5.41, 5.74) is 5.23. The quantitative estimate of drug-likeness (QED) is 0.412. The van der Waals surface area contributed by atoms with E-state index in [9.17, 15) is 8.42 Å². The first-order chi connectivity index (χ1) is 5.43. The van der Waals surface area contributed by atoms with Gasteiger partial charge in [0.05, 0.1) is 5.69 Å². The molecule has 0 aliphatic carbocycles. The lowest BCUT2D eigenvalue weighted by molar-refractivity contribution is 0.461. The minimum absolute atomic E-state index is 0.0125. The number of hydrogen-bond donors (Lipinski definition) is 3. The van der Waals surface area contributed by atoms with E-state index in [2.05, 4.69) is 0 Å². The second kappa shape index (κ2) is 2.65. The van der Waals surface area contributed by atoms with Gasteiger partial charge in [0, 0.05) is 0 Å². The third kappa shape index (κ3) is 1.49. The van der Waals surface area contributed by atoms with E-state index in [0.717, 1.165) is 0 Å². The molecule has 1 aromatic carbocycles. The molecule has 0 fully saturated rings. The molecule has 6 heteroatoms. The average Bonchev–Trinajstić information content (AvgIpc) is 1.92. The maximum atomic E-state index is 10.8. The first kappa shape index (κ1) is 8.82. The van der Waals surface area contributed by atoms with Gasteiger partial charge in [0.2, 0.25) is 10.0 Å². The lowest BCUT2D eigenvalue weighted by atomic mass is 10.3. The first-order valence-corrected chi connectivity index (χ1v) is 4.58. The fraction of sp³-hybridized carbons (Fsp3) is 0. The van der Waals surface area contributed by atoms with Crippen molar-refractivity contribution in [1.29, 1.82) is 0 Å². The van der Waals surface area contributed by atoms with Gasteiger partial charge in [-0.2, -0.15) is 0 Å². The standard InChI is InChI=1S/C6H8N2O3S/c7-4-2-1-3-5(6(4)9)12(8,10)11/h1-3,9H,7H2,(H2,8,10,11). The highest BCUT2D eigenvalue weighted by Gasteiger charge is 2.14. The maximum absolute atomic E-state index is 10.8. The second-order valence-corrected chi connectivity index (χ2v) is 3.77. The third-order valence-corrected chi connectivity index (χ3v) is 2.28. The van der Waals surface area contributed by atoms with Crippen molar-refractivity contribution in [2.45, 2.75) is 4.90 Å². The predicted molar refractivity (Wildman–Crippen MR) is 43.9 cm³/mol. The van der Waals surface area contributed by atoms with Crippen molar-refractivity contribution in [3.05, 3.63) is 18.2 Å². The van der Waals surface area contributed by atoms with E-state index in [4.69, 9.17) is 16.0 Å². The van der Waals surface area contributed by atoms with Crippen molar-refractivity contribution < 1.29 is 13.5 Å². The minimum atomic E-state index is -3.89. The highest BCUT2D eigenvalue weighted by molar-refractivity contribution is 7.89. The second-order valence-electron chi connectivity index (χ2n) is 2.24. The number of nitrogens with two attached hydrogens (primary N) is 2. The van der Waals surface area contributed by atoms with Crippen LogP contribution >= 0.6 is 0 Å². The van der Waals surface area contributed by atoms with Crippen molar-refractivity contribution in [1.82, 2.24) is 0 Å². The van der Waals surface area contributed by atoms with Crippen LogP contribution in [0.4, 0.5) is 5.69 Å². The fourth-order valence-electron chi connectivity index (χ4n) is 0.769. The molecule has 0 bridgehead atoms. The Bertz CT molecular complexity index is 399. The van der Waals surface area contributed by atoms with Gasteiger partial charge in [-0.3, -0.25) is 0 Å². The highest BCUT2D eigenvalue weighted by Crippen LogP contribution is 2.26. The minimum Gasteiger partial charge on any atom is -0.504 e. The SMILES string of the molecule is Nc1cccc(S(N)(=O)=O)c1O. The molecule has 0 amide bonds. The molecule has 5 N–H and O–H groups in total. The number of benzene rings is 1. The summed E-state index contributed by atoms with van der Waals surface area (Å²) in [7, 11) is -3.89. The van der Waals surface area contributed by atoms with Gasteiger partial charge in [-0.25, -0.2) is 13.6 Å². The van der Waals surface area contributed by atoms with Gasteiger partial charge in [-0.05, 0) is 12.1 Å². The summed E-state index contributed by atoms with van der Waals surface area (Å²) in [6.45, 7) is 0. The molecule has 0 radical (unpaired) electrons. The van der Waals surface area contributed by atoms with E-state index in [1.54, 1.807) is 0 Å². The smallest absolute Gasteiger partial charge is 0.241 e. The van der Waals surface area contributed by atoms with Crippen LogP contribution in [-0.2, 0) is 10.0 Å². The summed E-state index contributed by atoms with van der Waals surface area (Å²) in [6, 6.07) is 3.96. The normalized spacial score (nSPS) is 11.4. The number of phenolic OH excluding ortho intramolecular Hbond substituents is 1. The van der Waals surface area contributed by atoms with Crippen LogP contribution in [0.15, 0.2) is 23.1 Å². The maximum Gasteiger partial charge on any atom is 0.241 e. The molecular formula is C6H8N2O3S. The van der Waals surface area contributed by atoms with Crippen LogP contribution in [-0.4, -0.2) is 13.5 Å². The molecule has 0 heterocycles. The van der Waals surface area contributed by atoms with Crippen molar-refractivity contribution in [2.24, 2.45) is 5.14 Å². The summed E-state index contributed by atoms with van der Waals surface area (Å²) in [4.78, 5) is -0.359. The van der Waals surface area contributed by atoms with E-state index < -0.39 is 15.8 Å². The van der Waals surface area contributed by atoms with Crippen molar-refractivity contribution in [3.63, 3.8) is 0 Å². The number of anilines is 1. The van der Waals surface area contributed by atoms with Crippen molar-refractivity contribution in [3.8, 4) is 5.75 Å². The molecule has 0 atom stereocenters. The van der Waals surface area contributed by atoms with Crippen LogP contribution in [0.25, 0.3) is 0 Å². The monoisotopic (exact) mass is 188 g/mol. The number of aromatic hydroxyl groups is 1. The van der Waals surface area contributed by atoms with E-state index in [-0.39, 0.29) is 10.6 Å². The molecule has 0 saturated carbocycles. The summed E-state index contributed by atoms with van der Waals surface area (Å²) in [5.74, 6) is -0.500.